The van der Waals surface area contributed by atoms with Gasteiger partial charge in [0.25, 0.3) is 0 Å². The van der Waals surface area contributed by atoms with Crippen LogP contribution in [0.25, 0.3) is 0 Å². The Hall–Kier alpha value is -1.94. The molecule has 0 bridgehead atoms. The second-order valence-electron chi connectivity index (χ2n) is 30.6. The zero-order valence-electron chi connectivity index (χ0n) is 65.8. The number of unbranched alkanes of at least 4 members (excludes halogenated alkanes) is 42. The van der Waals surface area contributed by atoms with Gasteiger partial charge in [-0.15, -0.1) is 0 Å². The van der Waals surface area contributed by atoms with E-state index in [9.17, 15) is 43.2 Å². The van der Waals surface area contributed by atoms with Gasteiger partial charge < -0.3 is 33.8 Å². The summed E-state index contributed by atoms with van der Waals surface area (Å²) in [5, 5.41) is 10.6. The SMILES string of the molecule is CCC(C)CCCCCCCCCCCCCCCCC(=O)O[C@H](COC(=O)CCCCCCCCCCCCCCC(C)C)COP(=O)(O)OC[C@@H](O)COP(=O)(O)OC[C@@H](COC(=O)CCCCCCCCC(C)CC)OC(=O)CCCCCCCCCCCCCCCCC(C)C. The number of phosphoric ester groups is 2. The van der Waals surface area contributed by atoms with Crippen LogP contribution in [0, 0.1) is 23.7 Å². The first-order valence-electron chi connectivity index (χ1n) is 41.8. The molecule has 0 aromatic heterocycles. The zero-order chi connectivity index (χ0) is 73.8. The number of carbonyl (C=O) groups excluding carboxylic acids is 4. The Morgan fingerprint density at radius 3 is 0.710 bits per heavy atom. The van der Waals surface area contributed by atoms with Crippen molar-refractivity contribution in [2.24, 2.45) is 23.7 Å². The molecular weight excluding hydrogens is 1310 g/mol. The van der Waals surface area contributed by atoms with Crippen molar-refractivity contribution in [3.05, 3.63) is 0 Å². The number of phosphoric acid groups is 2. The first-order chi connectivity index (χ1) is 48.2. The van der Waals surface area contributed by atoms with Crippen LogP contribution in [0.3, 0.4) is 0 Å². The van der Waals surface area contributed by atoms with E-state index in [-0.39, 0.29) is 25.7 Å². The molecule has 0 amide bonds. The Labute approximate surface area is 613 Å². The van der Waals surface area contributed by atoms with Gasteiger partial charge in [-0.1, -0.05) is 364 Å². The van der Waals surface area contributed by atoms with Crippen LogP contribution in [-0.4, -0.2) is 96.7 Å². The lowest BCUT2D eigenvalue weighted by molar-refractivity contribution is -0.161. The summed E-state index contributed by atoms with van der Waals surface area (Å²) in [4.78, 5) is 73.0. The Bertz CT molecular complexity index is 1960. The van der Waals surface area contributed by atoms with E-state index in [2.05, 4.69) is 55.4 Å². The number of ether oxygens (including phenoxy) is 4. The van der Waals surface area contributed by atoms with Gasteiger partial charge in [0.15, 0.2) is 12.2 Å². The highest BCUT2D eigenvalue weighted by Gasteiger charge is 2.30. The van der Waals surface area contributed by atoms with Crippen LogP contribution in [0.5, 0.6) is 0 Å². The van der Waals surface area contributed by atoms with E-state index in [1.165, 1.54) is 212 Å². The highest BCUT2D eigenvalue weighted by Crippen LogP contribution is 2.45. The maximum Gasteiger partial charge on any atom is 0.472 e. The molecule has 0 saturated carbocycles. The second-order valence-corrected chi connectivity index (χ2v) is 33.5. The van der Waals surface area contributed by atoms with Crippen molar-refractivity contribution in [2.45, 2.75) is 433 Å². The van der Waals surface area contributed by atoms with Crippen LogP contribution in [0.1, 0.15) is 415 Å². The summed E-state index contributed by atoms with van der Waals surface area (Å²) in [5.74, 6) is 1.04. The van der Waals surface area contributed by atoms with Crippen molar-refractivity contribution >= 4 is 39.5 Å². The molecule has 0 spiro atoms. The van der Waals surface area contributed by atoms with Gasteiger partial charge in [-0.2, -0.15) is 0 Å². The topological polar surface area (TPSA) is 237 Å². The maximum atomic E-state index is 13.1. The number of hydrogen-bond acceptors (Lipinski definition) is 15. The Morgan fingerprint density at radius 1 is 0.280 bits per heavy atom. The lowest BCUT2D eigenvalue weighted by atomic mass is 9.99. The van der Waals surface area contributed by atoms with Gasteiger partial charge >= 0.3 is 39.5 Å². The van der Waals surface area contributed by atoms with E-state index in [0.717, 1.165) is 120 Å². The fraction of sp³-hybridized carbons (Fsp3) is 0.951. The van der Waals surface area contributed by atoms with E-state index in [1.807, 2.05) is 0 Å². The largest absolute Gasteiger partial charge is 0.472 e. The highest BCUT2D eigenvalue weighted by atomic mass is 31.2. The number of rotatable bonds is 78. The standard InChI is InChI=1S/C81H158O17P2/c1-9-73(7)59-51-43-35-29-23-16-12-14-18-26-32-38-48-56-63-80(85)97-76(67-91-78(83)61-53-45-36-30-24-20-19-22-28-34-42-50-58-72(5)6)69-95-99(87,88)93-65-75(82)66-94-100(89,90)96-70-77(68-92-79(84)62-54-46-40-39-44-52-60-74(8)10-2)98-81(86)64-55-47-37-31-25-17-13-11-15-21-27-33-41-49-57-71(3)4/h71-77,82H,9-70H2,1-8H3,(H,87,88)(H,89,90)/t73?,74?,75-,76-,77-/m1/s1. The summed E-state index contributed by atoms with van der Waals surface area (Å²) < 4.78 is 68.7. The van der Waals surface area contributed by atoms with Gasteiger partial charge in [0, 0.05) is 25.7 Å². The Kier molecular flexibility index (Phi) is 68.7. The average Bonchev–Trinajstić information content (AvgIpc) is 0.947. The molecule has 0 radical (unpaired) electrons. The lowest BCUT2D eigenvalue weighted by Gasteiger charge is -2.21. The molecule has 0 aliphatic heterocycles. The molecule has 0 rings (SSSR count). The molecule has 0 aromatic carbocycles. The monoisotopic (exact) mass is 1470 g/mol. The summed E-state index contributed by atoms with van der Waals surface area (Å²) >= 11 is 0. The van der Waals surface area contributed by atoms with Crippen LogP contribution in [-0.2, 0) is 65.4 Å². The summed E-state index contributed by atoms with van der Waals surface area (Å²) in [7, 11) is -9.92. The van der Waals surface area contributed by atoms with E-state index < -0.39 is 97.5 Å². The number of esters is 4. The molecule has 3 N–H and O–H groups in total. The molecule has 0 fully saturated rings. The summed E-state index contributed by atoms with van der Waals surface area (Å²) in [6.45, 7) is 14.3. The van der Waals surface area contributed by atoms with Crippen LogP contribution < -0.4 is 0 Å². The normalized spacial score (nSPS) is 14.6. The van der Waals surface area contributed by atoms with Crippen LogP contribution in [0.2, 0.25) is 0 Å². The minimum Gasteiger partial charge on any atom is -0.462 e. The fourth-order valence-corrected chi connectivity index (χ4v) is 13.9. The smallest absolute Gasteiger partial charge is 0.462 e. The van der Waals surface area contributed by atoms with E-state index >= 15 is 0 Å². The number of aliphatic hydroxyl groups is 1. The van der Waals surface area contributed by atoms with Crippen molar-refractivity contribution < 1.29 is 80.2 Å². The predicted molar refractivity (Wildman–Crippen MR) is 409 cm³/mol. The Morgan fingerprint density at radius 2 is 0.480 bits per heavy atom. The number of hydrogen-bond donors (Lipinski definition) is 3. The first kappa shape index (κ1) is 98.1. The van der Waals surface area contributed by atoms with Crippen molar-refractivity contribution in [3.63, 3.8) is 0 Å². The quantitative estimate of drug-likeness (QED) is 0.0222. The summed E-state index contributed by atoms with van der Waals surface area (Å²) in [6, 6.07) is 0. The summed E-state index contributed by atoms with van der Waals surface area (Å²) in [5.41, 5.74) is 0. The molecule has 19 heteroatoms. The minimum atomic E-state index is -4.96. The molecule has 100 heavy (non-hydrogen) atoms. The third-order valence-corrected chi connectivity index (χ3v) is 21.4. The third kappa shape index (κ3) is 71.7. The molecule has 0 aliphatic carbocycles. The average molecular weight is 1470 g/mol. The lowest BCUT2D eigenvalue weighted by Crippen LogP contribution is -2.30. The van der Waals surface area contributed by atoms with Crippen molar-refractivity contribution in [1.29, 1.82) is 0 Å². The minimum absolute atomic E-state index is 0.106. The van der Waals surface area contributed by atoms with E-state index in [0.29, 0.717) is 25.7 Å². The van der Waals surface area contributed by atoms with Gasteiger partial charge in [-0.25, -0.2) is 9.13 Å². The highest BCUT2D eigenvalue weighted by molar-refractivity contribution is 7.47. The van der Waals surface area contributed by atoms with Gasteiger partial charge in [0.1, 0.15) is 19.3 Å². The summed E-state index contributed by atoms with van der Waals surface area (Å²) in [6.07, 6.45) is 56.8. The first-order valence-corrected chi connectivity index (χ1v) is 44.8. The fourth-order valence-electron chi connectivity index (χ4n) is 12.4. The van der Waals surface area contributed by atoms with Gasteiger partial charge in [-0.3, -0.25) is 37.3 Å². The van der Waals surface area contributed by atoms with Gasteiger partial charge in [0.2, 0.25) is 0 Å². The molecule has 0 aromatic rings. The van der Waals surface area contributed by atoms with Crippen molar-refractivity contribution in [2.75, 3.05) is 39.6 Å². The second kappa shape index (κ2) is 70.1. The van der Waals surface area contributed by atoms with Crippen molar-refractivity contribution in [1.82, 2.24) is 0 Å². The van der Waals surface area contributed by atoms with Gasteiger partial charge in [0.05, 0.1) is 26.4 Å². The van der Waals surface area contributed by atoms with E-state index in [4.69, 9.17) is 37.0 Å². The number of carbonyl (C=O) groups is 4. The molecule has 4 unspecified atom stereocenters. The van der Waals surface area contributed by atoms with E-state index in [1.54, 1.807) is 0 Å². The zero-order valence-corrected chi connectivity index (χ0v) is 67.6. The van der Waals surface area contributed by atoms with Crippen LogP contribution >= 0.6 is 15.6 Å². The molecular formula is C81H158O17P2. The molecule has 594 valence electrons. The van der Waals surface area contributed by atoms with Crippen LogP contribution in [0.15, 0.2) is 0 Å². The van der Waals surface area contributed by atoms with Crippen molar-refractivity contribution in [3.8, 4) is 0 Å². The molecule has 0 aliphatic rings. The molecule has 0 heterocycles. The third-order valence-electron chi connectivity index (χ3n) is 19.5. The van der Waals surface area contributed by atoms with Crippen LogP contribution in [0.4, 0.5) is 0 Å². The Balaban J connectivity index is 5.25. The maximum absolute atomic E-state index is 13.1. The predicted octanol–water partition coefficient (Wildman–Crippen LogP) is 24.0. The molecule has 7 atom stereocenters. The van der Waals surface area contributed by atoms with Gasteiger partial charge in [-0.05, 0) is 49.4 Å². The molecule has 0 saturated heterocycles. The molecule has 17 nitrogen and oxygen atoms in total. The number of aliphatic hydroxyl groups excluding tert-OH is 1.